The van der Waals surface area contributed by atoms with Gasteiger partial charge in [-0.2, -0.15) is 0 Å². The first-order valence-corrected chi connectivity index (χ1v) is 19.3. The van der Waals surface area contributed by atoms with Crippen molar-refractivity contribution in [2.24, 2.45) is 11.3 Å². The number of halogens is 3. The molecule has 7 atom stereocenters. The number of likely N-dealkylation sites (tertiary alicyclic amines) is 1. The molecule has 2 fully saturated rings. The van der Waals surface area contributed by atoms with Gasteiger partial charge in [0.1, 0.15) is 11.2 Å². The zero-order valence-electron chi connectivity index (χ0n) is 30.3. The molecular weight excluding hydrogens is 728 g/mol. The molecule has 7 rings (SSSR count). The van der Waals surface area contributed by atoms with Crippen molar-refractivity contribution in [2.45, 2.75) is 74.7 Å². The number of fused-ring (bicyclic) bond motifs is 3. The molecule has 3 aliphatic rings. The summed E-state index contributed by atoms with van der Waals surface area (Å²) in [7, 11) is 0. The van der Waals surface area contributed by atoms with Crippen LogP contribution in [0.1, 0.15) is 79.8 Å². The fraction of sp³-hybridized carbons (Fsp3) is 0.395. The number of nitrogens with zero attached hydrogens (tertiary/aromatic N) is 1. The summed E-state index contributed by atoms with van der Waals surface area (Å²) in [4.78, 5) is 32.0. The van der Waals surface area contributed by atoms with E-state index in [1.54, 1.807) is 24.3 Å². The van der Waals surface area contributed by atoms with Gasteiger partial charge in [-0.15, -0.1) is 0 Å². The van der Waals surface area contributed by atoms with Crippen LogP contribution in [-0.4, -0.2) is 63.4 Å². The number of nitrogens with one attached hydrogen (secondary N) is 2. The number of aliphatic hydroxyl groups excluding tert-OH is 3. The Balaban J connectivity index is 1.51. The second-order valence-corrected chi connectivity index (χ2v) is 16.5. The summed E-state index contributed by atoms with van der Waals surface area (Å²) < 4.78 is 16.6. The second kappa shape index (κ2) is 15.0. The predicted molar refractivity (Wildman–Crippen MR) is 208 cm³/mol. The number of carbonyl (C=O) groups is 2. The van der Waals surface area contributed by atoms with Crippen molar-refractivity contribution in [3.05, 3.63) is 135 Å². The molecule has 5 N–H and O–H groups in total. The van der Waals surface area contributed by atoms with E-state index in [9.17, 15) is 20.1 Å². The second-order valence-electron chi connectivity index (χ2n) is 15.7. The van der Waals surface area contributed by atoms with Crippen LogP contribution < -0.4 is 10.6 Å². The SMILES string of the molecule is CC1(C)CCC2(CC1C(=O)NCC[C@H](O)CO)N([C@H](c1ccccc1)[C@@H](O)c1ccccc1)C[C@H](c1cccc(Cl)c1F)C21C(=O)Nc2cc(Cl)ccc21. The lowest BCUT2D eigenvalue weighted by atomic mass is 9.50. The number of amides is 2. The van der Waals surface area contributed by atoms with Gasteiger partial charge in [0.25, 0.3) is 0 Å². The largest absolute Gasteiger partial charge is 0.394 e. The molecule has 1 saturated carbocycles. The summed E-state index contributed by atoms with van der Waals surface area (Å²) in [6.07, 6.45) is -0.745. The topological polar surface area (TPSA) is 122 Å². The van der Waals surface area contributed by atoms with E-state index in [2.05, 4.69) is 15.5 Å². The van der Waals surface area contributed by atoms with Gasteiger partial charge in [-0.25, -0.2) is 4.39 Å². The molecule has 2 aliphatic heterocycles. The van der Waals surface area contributed by atoms with E-state index in [0.717, 1.165) is 5.56 Å². The Morgan fingerprint density at radius 1 is 0.963 bits per heavy atom. The van der Waals surface area contributed by atoms with Gasteiger partial charge in [0.05, 0.1) is 29.9 Å². The van der Waals surface area contributed by atoms with Crippen molar-refractivity contribution in [2.75, 3.05) is 25.0 Å². The van der Waals surface area contributed by atoms with Gasteiger partial charge in [-0.3, -0.25) is 14.5 Å². The monoisotopic (exact) mass is 773 g/mol. The fourth-order valence-electron chi connectivity index (χ4n) is 9.75. The van der Waals surface area contributed by atoms with Gasteiger partial charge >= 0.3 is 0 Å². The van der Waals surface area contributed by atoms with Crippen LogP contribution in [0.3, 0.4) is 0 Å². The molecule has 2 heterocycles. The zero-order chi connectivity index (χ0) is 38.4. The molecule has 1 saturated heterocycles. The summed E-state index contributed by atoms with van der Waals surface area (Å²) in [6.45, 7) is 3.96. The van der Waals surface area contributed by atoms with Crippen LogP contribution in [0.2, 0.25) is 10.0 Å². The summed E-state index contributed by atoms with van der Waals surface area (Å²) in [5.74, 6) is -2.65. The smallest absolute Gasteiger partial charge is 0.237 e. The van der Waals surface area contributed by atoms with E-state index < -0.39 is 58.9 Å². The average Bonchev–Trinajstić information content (AvgIpc) is 3.61. The first kappa shape index (κ1) is 38.4. The maximum atomic E-state index is 16.6. The molecule has 8 nitrogen and oxygen atoms in total. The molecule has 1 aliphatic carbocycles. The number of carbonyl (C=O) groups excluding carboxylic acids is 2. The average molecular weight is 775 g/mol. The minimum atomic E-state index is -1.47. The quantitative estimate of drug-likeness (QED) is 0.115. The summed E-state index contributed by atoms with van der Waals surface area (Å²) in [6, 6.07) is 28.4. The van der Waals surface area contributed by atoms with Crippen molar-refractivity contribution in [3.8, 4) is 0 Å². The molecule has 11 heteroatoms. The molecule has 284 valence electrons. The third-order valence-corrected chi connectivity index (χ3v) is 13.0. The van der Waals surface area contributed by atoms with Crippen LogP contribution >= 0.6 is 23.2 Å². The number of rotatable bonds is 10. The number of aliphatic hydroxyl groups is 3. The maximum absolute atomic E-state index is 16.6. The molecule has 3 unspecified atom stereocenters. The number of anilines is 1. The van der Waals surface area contributed by atoms with E-state index in [0.29, 0.717) is 34.7 Å². The van der Waals surface area contributed by atoms with Crippen LogP contribution in [0.5, 0.6) is 0 Å². The van der Waals surface area contributed by atoms with Crippen LogP contribution in [0.4, 0.5) is 10.1 Å². The van der Waals surface area contributed by atoms with E-state index in [-0.39, 0.29) is 48.3 Å². The van der Waals surface area contributed by atoms with Crippen molar-refractivity contribution >= 4 is 40.7 Å². The lowest BCUT2D eigenvalue weighted by Gasteiger charge is -2.57. The van der Waals surface area contributed by atoms with E-state index in [4.69, 9.17) is 23.2 Å². The van der Waals surface area contributed by atoms with Crippen LogP contribution in [0.15, 0.2) is 97.1 Å². The Kier molecular flexibility index (Phi) is 10.7. The summed E-state index contributed by atoms with van der Waals surface area (Å²) >= 11 is 13.0. The van der Waals surface area contributed by atoms with Gasteiger partial charge in [0, 0.05) is 41.2 Å². The maximum Gasteiger partial charge on any atom is 0.237 e. The van der Waals surface area contributed by atoms with E-state index >= 15 is 9.18 Å². The third kappa shape index (κ3) is 6.33. The first-order valence-electron chi connectivity index (χ1n) is 18.5. The number of hydrogen-bond acceptors (Lipinski definition) is 6. The molecule has 2 amide bonds. The standard InChI is InChI=1S/C43H46Cl2FN3O5/c1-41(2)19-20-42(23-32(41)39(53)47-21-18-29(51)25-50)43(31-17-16-28(44)22-35(31)48-40(43)54)33(30-14-9-15-34(45)36(30)46)24-49(42)37(26-10-5-3-6-11-26)38(52)27-12-7-4-8-13-27/h3-17,22,29,32-33,37-38,50-52H,18-21,23-25H2,1-2H3,(H,47,53)(H,48,54)/t29-,32?,33+,37+,38-,42?,43?/m0/s1. The summed E-state index contributed by atoms with van der Waals surface area (Å²) in [5, 5.41) is 38.5. The highest BCUT2D eigenvalue weighted by molar-refractivity contribution is 6.31. The van der Waals surface area contributed by atoms with E-state index in [1.807, 2.05) is 80.6 Å². The minimum absolute atomic E-state index is 0.0686. The molecule has 4 aromatic carbocycles. The van der Waals surface area contributed by atoms with Gasteiger partial charge in [0.15, 0.2) is 0 Å². The fourth-order valence-corrected chi connectivity index (χ4v) is 10.1. The van der Waals surface area contributed by atoms with Gasteiger partial charge < -0.3 is 26.0 Å². The van der Waals surface area contributed by atoms with Gasteiger partial charge in [-0.1, -0.05) is 116 Å². The molecule has 0 aromatic heterocycles. The predicted octanol–water partition coefficient (Wildman–Crippen LogP) is 7.32. The lowest BCUT2D eigenvalue weighted by molar-refractivity contribution is -0.143. The lowest BCUT2D eigenvalue weighted by Crippen LogP contribution is -2.65. The molecule has 0 radical (unpaired) electrons. The van der Waals surface area contributed by atoms with Crippen molar-refractivity contribution in [3.63, 3.8) is 0 Å². The highest BCUT2D eigenvalue weighted by Gasteiger charge is 2.74. The zero-order valence-corrected chi connectivity index (χ0v) is 31.8. The van der Waals surface area contributed by atoms with Crippen molar-refractivity contribution in [1.29, 1.82) is 0 Å². The Bertz CT molecular complexity index is 2020. The number of benzene rings is 4. The minimum Gasteiger partial charge on any atom is -0.394 e. The van der Waals surface area contributed by atoms with Gasteiger partial charge in [0.2, 0.25) is 11.8 Å². The Labute approximate surface area is 325 Å². The molecule has 4 aromatic rings. The molecule has 54 heavy (non-hydrogen) atoms. The van der Waals surface area contributed by atoms with Crippen LogP contribution in [-0.2, 0) is 15.0 Å². The first-order chi connectivity index (χ1) is 25.9. The molecule has 2 spiro atoms. The molecular formula is C43H46Cl2FN3O5. The normalized spacial score (nSPS) is 26.3. The highest BCUT2D eigenvalue weighted by Crippen LogP contribution is 2.68. The Morgan fingerprint density at radius 3 is 2.33 bits per heavy atom. The third-order valence-electron chi connectivity index (χ3n) is 12.4. The summed E-state index contributed by atoms with van der Waals surface area (Å²) in [5.41, 5.74) is -0.266. The number of hydrogen-bond donors (Lipinski definition) is 5. The molecule has 0 bridgehead atoms. The van der Waals surface area contributed by atoms with Crippen molar-refractivity contribution < 1.29 is 29.3 Å². The Hall–Kier alpha value is -3.83. The van der Waals surface area contributed by atoms with Crippen LogP contribution in [0.25, 0.3) is 0 Å². The van der Waals surface area contributed by atoms with Crippen LogP contribution in [0, 0.1) is 17.2 Å². The Morgan fingerprint density at radius 2 is 1.65 bits per heavy atom. The highest BCUT2D eigenvalue weighted by atomic mass is 35.5. The van der Waals surface area contributed by atoms with Crippen molar-refractivity contribution in [1.82, 2.24) is 10.2 Å². The van der Waals surface area contributed by atoms with Gasteiger partial charge in [-0.05, 0) is 71.6 Å². The van der Waals surface area contributed by atoms with E-state index in [1.165, 1.54) is 6.07 Å².